The second kappa shape index (κ2) is 7.43. The molecule has 0 spiro atoms. The minimum absolute atomic E-state index is 0.0863. The minimum Gasteiger partial charge on any atom is -0.496 e. The van der Waals surface area contributed by atoms with E-state index in [0.29, 0.717) is 23.7 Å². The van der Waals surface area contributed by atoms with Crippen molar-refractivity contribution in [2.75, 3.05) is 12.4 Å². The molecule has 0 aliphatic rings. The van der Waals surface area contributed by atoms with Gasteiger partial charge in [-0.25, -0.2) is 4.98 Å². The average Bonchev–Trinajstić information content (AvgIpc) is 2.48. The van der Waals surface area contributed by atoms with Gasteiger partial charge in [0.25, 0.3) is 0 Å². The molecule has 2 aromatic rings. The van der Waals surface area contributed by atoms with E-state index in [-0.39, 0.29) is 5.91 Å². The van der Waals surface area contributed by atoms with Gasteiger partial charge in [0.05, 0.1) is 16.6 Å². The lowest BCUT2D eigenvalue weighted by Crippen LogP contribution is -2.13. The van der Waals surface area contributed by atoms with Crippen LogP contribution in [0.2, 0.25) is 5.02 Å². The second-order valence-corrected chi connectivity index (χ2v) is 5.67. The highest BCUT2D eigenvalue weighted by molar-refractivity contribution is 9.10. The smallest absolute Gasteiger partial charge is 0.225 e. The van der Waals surface area contributed by atoms with Crippen LogP contribution in [0, 0.1) is 0 Å². The Hall–Kier alpha value is -1.59. The normalized spacial score (nSPS) is 10.2. The molecule has 0 aliphatic carbocycles. The summed E-state index contributed by atoms with van der Waals surface area (Å²) in [5.41, 5.74) is 1.06. The number of pyridine rings is 1. The number of aryl methyl sites for hydroxylation is 1. The molecule has 0 atom stereocenters. The Labute approximate surface area is 136 Å². The number of hydrogen-bond donors (Lipinski definition) is 1. The zero-order chi connectivity index (χ0) is 15.2. The Morgan fingerprint density at radius 3 is 2.81 bits per heavy atom. The van der Waals surface area contributed by atoms with Crippen molar-refractivity contribution in [3.63, 3.8) is 0 Å². The Morgan fingerprint density at radius 1 is 1.38 bits per heavy atom. The van der Waals surface area contributed by atoms with E-state index in [1.807, 2.05) is 18.2 Å². The van der Waals surface area contributed by atoms with E-state index in [4.69, 9.17) is 16.3 Å². The number of nitrogens with one attached hydrogen (secondary N) is 1. The van der Waals surface area contributed by atoms with Crippen LogP contribution in [-0.4, -0.2) is 18.0 Å². The maximum atomic E-state index is 11.9. The number of carbonyl (C=O) groups is 1. The van der Waals surface area contributed by atoms with E-state index in [1.165, 1.54) is 6.20 Å². The van der Waals surface area contributed by atoms with Gasteiger partial charge in [-0.1, -0.05) is 17.7 Å². The number of methoxy groups -OCH3 is 1. The average molecular weight is 370 g/mol. The predicted octanol–water partition coefficient (Wildman–Crippen LogP) is 4.08. The van der Waals surface area contributed by atoms with Crippen molar-refractivity contribution < 1.29 is 9.53 Å². The molecular formula is C15H14BrClN2O2. The van der Waals surface area contributed by atoms with Gasteiger partial charge in [0.2, 0.25) is 5.91 Å². The van der Waals surface area contributed by atoms with Crippen LogP contribution < -0.4 is 10.1 Å². The molecule has 1 amide bonds. The van der Waals surface area contributed by atoms with Crippen molar-refractivity contribution in [2.24, 2.45) is 0 Å². The highest BCUT2D eigenvalue weighted by Gasteiger charge is 2.06. The Bertz CT molecular complexity index is 632. The number of halogens is 2. The highest BCUT2D eigenvalue weighted by Crippen LogP contribution is 2.26. The molecule has 1 aromatic carbocycles. The van der Waals surface area contributed by atoms with E-state index in [9.17, 15) is 4.79 Å². The summed E-state index contributed by atoms with van der Waals surface area (Å²) in [6.07, 6.45) is 2.52. The first-order valence-electron chi connectivity index (χ1n) is 6.32. The third-order valence-electron chi connectivity index (χ3n) is 2.85. The van der Waals surface area contributed by atoms with Crippen LogP contribution in [-0.2, 0) is 11.2 Å². The van der Waals surface area contributed by atoms with Crippen LogP contribution in [0.1, 0.15) is 12.0 Å². The van der Waals surface area contributed by atoms with Crippen molar-refractivity contribution in [2.45, 2.75) is 12.8 Å². The fourth-order valence-electron chi connectivity index (χ4n) is 1.78. The molecule has 1 aromatic heterocycles. The van der Waals surface area contributed by atoms with Crippen LogP contribution in [0.5, 0.6) is 5.75 Å². The molecule has 0 aliphatic heterocycles. The molecule has 2 rings (SSSR count). The first-order valence-corrected chi connectivity index (χ1v) is 7.49. The molecule has 0 saturated heterocycles. The van der Waals surface area contributed by atoms with Crippen LogP contribution >= 0.6 is 27.5 Å². The van der Waals surface area contributed by atoms with Gasteiger partial charge in [-0.3, -0.25) is 4.79 Å². The number of rotatable bonds is 5. The lowest BCUT2D eigenvalue weighted by molar-refractivity contribution is -0.116. The first-order chi connectivity index (χ1) is 10.1. The summed E-state index contributed by atoms with van der Waals surface area (Å²) in [4.78, 5) is 15.9. The van der Waals surface area contributed by atoms with Gasteiger partial charge >= 0.3 is 0 Å². The molecule has 21 heavy (non-hydrogen) atoms. The third-order valence-corrected chi connectivity index (χ3v) is 3.70. The number of nitrogens with zero attached hydrogens (tertiary/aromatic N) is 1. The largest absolute Gasteiger partial charge is 0.496 e. The number of anilines is 1. The predicted molar refractivity (Wildman–Crippen MR) is 86.9 cm³/mol. The molecule has 110 valence electrons. The maximum Gasteiger partial charge on any atom is 0.225 e. The van der Waals surface area contributed by atoms with Crippen molar-refractivity contribution >= 4 is 39.3 Å². The molecule has 1 heterocycles. The van der Waals surface area contributed by atoms with E-state index in [1.54, 1.807) is 19.2 Å². The Kier molecular flexibility index (Phi) is 5.59. The SMILES string of the molecule is COc1ccc(CCC(=O)Nc2ccc(Cl)cn2)cc1Br. The molecular weight excluding hydrogens is 356 g/mol. The zero-order valence-corrected chi connectivity index (χ0v) is 13.7. The highest BCUT2D eigenvalue weighted by atomic mass is 79.9. The molecule has 6 heteroatoms. The number of aromatic nitrogens is 1. The number of ether oxygens (including phenoxy) is 1. The van der Waals surface area contributed by atoms with Gasteiger partial charge in [0, 0.05) is 12.6 Å². The zero-order valence-electron chi connectivity index (χ0n) is 11.4. The molecule has 4 nitrogen and oxygen atoms in total. The van der Waals surface area contributed by atoms with Crippen molar-refractivity contribution in [3.8, 4) is 5.75 Å². The summed E-state index contributed by atoms with van der Waals surface area (Å²) in [5.74, 6) is 1.19. The van der Waals surface area contributed by atoms with Crippen molar-refractivity contribution in [1.82, 2.24) is 4.98 Å². The summed E-state index contributed by atoms with van der Waals surface area (Å²) < 4.78 is 6.05. The fourth-order valence-corrected chi connectivity index (χ4v) is 2.48. The van der Waals surface area contributed by atoms with Crippen LogP contribution in [0.15, 0.2) is 41.0 Å². The molecule has 0 unspecified atom stereocenters. The lowest BCUT2D eigenvalue weighted by atomic mass is 10.1. The number of carbonyl (C=O) groups excluding carboxylic acids is 1. The van der Waals surface area contributed by atoms with E-state index in [0.717, 1.165) is 15.8 Å². The first kappa shape index (κ1) is 15.8. The van der Waals surface area contributed by atoms with E-state index >= 15 is 0 Å². The van der Waals surface area contributed by atoms with Crippen molar-refractivity contribution in [3.05, 3.63) is 51.6 Å². The van der Waals surface area contributed by atoms with Gasteiger partial charge in [0.15, 0.2) is 0 Å². The van der Waals surface area contributed by atoms with Gasteiger partial charge in [-0.2, -0.15) is 0 Å². The van der Waals surface area contributed by atoms with Crippen LogP contribution in [0.3, 0.4) is 0 Å². The number of benzene rings is 1. The monoisotopic (exact) mass is 368 g/mol. The molecule has 0 fully saturated rings. The van der Waals surface area contributed by atoms with E-state index < -0.39 is 0 Å². The van der Waals surface area contributed by atoms with Gasteiger partial charge in [-0.15, -0.1) is 0 Å². The van der Waals surface area contributed by atoms with Gasteiger partial charge in [0.1, 0.15) is 11.6 Å². The van der Waals surface area contributed by atoms with Gasteiger partial charge < -0.3 is 10.1 Å². The molecule has 0 saturated carbocycles. The van der Waals surface area contributed by atoms with Crippen molar-refractivity contribution in [1.29, 1.82) is 0 Å². The summed E-state index contributed by atoms with van der Waals surface area (Å²) in [7, 11) is 1.62. The Balaban J connectivity index is 1.89. The molecule has 1 N–H and O–H groups in total. The fraction of sp³-hybridized carbons (Fsp3) is 0.200. The maximum absolute atomic E-state index is 11.9. The summed E-state index contributed by atoms with van der Waals surface area (Å²) in [6.45, 7) is 0. The third kappa shape index (κ3) is 4.72. The summed E-state index contributed by atoms with van der Waals surface area (Å²) >= 11 is 9.17. The van der Waals surface area contributed by atoms with Crippen LogP contribution in [0.25, 0.3) is 0 Å². The van der Waals surface area contributed by atoms with Crippen LogP contribution in [0.4, 0.5) is 5.82 Å². The molecule has 0 radical (unpaired) electrons. The summed E-state index contributed by atoms with van der Waals surface area (Å²) in [5, 5.41) is 3.27. The standard InChI is InChI=1S/C15H14BrClN2O2/c1-21-13-5-2-10(8-12(13)16)3-7-15(20)19-14-6-4-11(17)9-18-14/h2,4-6,8-9H,3,7H2,1H3,(H,18,19,20). The summed E-state index contributed by atoms with van der Waals surface area (Å²) in [6, 6.07) is 9.12. The second-order valence-electron chi connectivity index (χ2n) is 4.38. The number of hydrogen-bond acceptors (Lipinski definition) is 3. The molecule has 0 bridgehead atoms. The van der Waals surface area contributed by atoms with E-state index in [2.05, 4.69) is 26.2 Å². The quantitative estimate of drug-likeness (QED) is 0.864. The number of amides is 1. The van der Waals surface area contributed by atoms with Gasteiger partial charge in [-0.05, 0) is 52.2 Å². The topological polar surface area (TPSA) is 51.2 Å². The Morgan fingerprint density at radius 2 is 2.19 bits per heavy atom. The lowest BCUT2D eigenvalue weighted by Gasteiger charge is -2.07. The minimum atomic E-state index is -0.0863.